The average molecular weight is 424 g/mol. The van der Waals surface area contributed by atoms with Gasteiger partial charge < -0.3 is 5.32 Å². The summed E-state index contributed by atoms with van der Waals surface area (Å²) in [6, 6.07) is 17.4. The van der Waals surface area contributed by atoms with Gasteiger partial charge in [-0.2, -0.15) is 0 Å². The lowest BCUT2D eigenvalue weighted by Gasteiger charge is -2.21. The van der Waals surface area contributed by atoms with E-state index < -0.39 is 0 Å². The van der Waals surface area contributed by atoms with E-state index in [1.165, 1.54) is 11.8 Å². The van der Waals surface area contributed by atoms with E-state index in [1.54, 1.807) is 10.6 Å². The van der Waals surface area contributed by atoms with E-state index in [9.17, 15) is 9.59 Å². The Morgan fingerprint density at radius 1 is 1.10 bits per heavy atom. The number of para-hydroxylation sites is 1. The third-order valence-corrected chi connectivity index (χ3v) is 5.83. The Labute approximate surface area is 181 Å². The van der Waals surface area contributed by atoms with E-state index in [4.69, 9.17) is 0 Å². The van der Waals surface area contributed by atoms with Crippen LogP contribution in [0.25, 0.3) is 10.9 Å². The highest BCUT2D eigenvalue weighted by atomic mass is 32.2. The number of fused-ring (bicyclic) bond motifs is 1. The maximum absolute atomic E-state index is 12.9. The lowest BCUT2D eigenvalue weighted by Crippen LogP contribution is -2.31. The van der Waals surface area contributed by atoms with Crippen LogP contribution in [0, 0.1) is 5.92 Å². The van der Waals surface area contributed by atoms with Gasteiger partial charge in [-0.25, -0.2) is 4.98 Å². The van der Waals surface area contributed by atoms with E-state index in [-0.39, 0.29) is 23.3 Å². The molecule has 0 spiro atoms. The fraction of sp³-hybridized carbons (Fsp3) is 0.375. The van der Waals surface area contributed by atoms with E-state index >= 15 is 0 Å². The molecule has 3 aromatic rings. The molecule has 6 heteroatoms. The zero-order chi connectivity index (χ0) is 21.5. The summed E-state index contributed by atoms with van der Waals surface area (Å²) in [6.45, 7) is 6.92. The second kappa shape index (κ2) is 10.4. The van der Waals surface area contributed by atoms with Crippen molar-refractivity contribution < 1.29 is 4.79 Å². The summed E-state index contributed by atoms with van der Waals surface area (Å²) < 4.78 is 1.68. The maximum Gasteiger partial charge on any atom is 0.262 e. The minimum Gasteiger partial charge on any atom is -0.349 e. The number of rotatable bonds is 9. The normalized spacial score (nSPS) is 12.3. The summed E-state index contributed by atoms with van der Waals surface area (Å²) in [5.74, 6) is 0.621. The summed E-state index contributed by atoms with van der Waals surface area (Å²) in [4.78, 5) is 30.3. The molecule has 0 unspecified atom stereocenters. The minimum absolute atomic E-state index is 0.0262. The molecule has 0 saturated carbocycles. The van der Waals surface area contributed by atoms with Gasteiger partial charge in [-0.05, 0) is 36.5 Å². The molecule has 30 heavy (non-hydrogen) atoms. The Hall–Kier alpha value is -2.60. The maximum atomic E-state index is 12.9. The number of benzene rings is 2. The molecule has 0 aliphatic carbocycles. The first-order chi connectivity index (χ1) is 14.5. The van der Waals surface area contributed by atoms with Gasteiger partial charge in [0.15, 0.2) is 5.16 Å². The summed E-state index contributed by atoms with van der Waals surface area (Å²) >= 11 is 1.32. The molecule has 0 fully saturated rings. The Morgan fingerprint density at radius 3 is 2.50 bits per heavy atom. The predicted molar refractivity (Wildman–Crippen MR) is 124 cm³/mol. The molecule has 0 aliphatic heterocycles. The topological polar surface area (TPSA) is 64.0 Å². The zero-order valence-electron chi connectivity index (χ0n) is 17.8. The van der Waals surface area contributed by atoms with Crippen LogP contribution >= 0.6 is 11.8 Å². The molecule has 0 aliphatic rings. The first-order valence-electron chi connectivity index (χ1n) is 10.5. The van der Waals surface area contributed by atoms with Gasteiger partial charge >= 0.3 is 0 Å². The van der Waals surface area contributed by atoms with Crippen molar-refractivity contribution >= 4 is 28.6 Å². The Balaban J connectivity index is 1.77. The lowest BCUT2D eigenvalue weighted by molar-refractivity contribution is -0.119. The second-order valence-electron chi connectivity index (χ2n) is 7.82. The molecule has 2 aromatic carbocycles. The van der Waals surface area contributed by atoms with Crippen molar-refractivity contribution in [1.29, 1.82) is 0 Å². The molecule has 0 bridgehead atoms. The van der Waals surface area contributed by atoms with Crippen molar-refractivity contribution in [2.45, 2.75) is 51.4 Å². The number of nitrogens with one attached hydrogen (secondary N) is 1. The third-order valence-electron chi connectivity index (χ3n) is 4.85. The molecular formula is C24H29N3O2S. The standard InChI is InChI=1S/C24H29N3O2S/c1-4-14-27-23(29)19-12-8-9-13-20(19)26-24(27)30-16-22(28)25-21(15-17(2)3)18-10-6-5-7-11-18/h5-13,17,21H,4,14-16H2,1-3H3,(H,25,28)/t21-/m1/s1. The number of carbonyl (C=O) groups is 1. The molecule has 0 saturated heterocycles. The largest absolute Gasteiger partial charge is 0.349 e. The molecule has 1 amide bonds. The number of amides is 1. The van der Waals surface area contributed by atoms with E-state index in [1.807, 2.05) is 55.5 Å². The van der Waals surface area contributed by atoms with Gasteiger partial charge in [-0.1, -0.05) is 75.0 Å². The van der Waals surface area contributed by atoms with Crippen molar-refractivity contribution in [2.75, 3.05) is 5.75 Å². The highest BCUT2D eigenvalue weighted by Gasteiger charge is 2.18. The average Bonchev–Trinajstić information content (AvgIpc) is 2.74. The molecule has 1 heterocycles. The van der Waals surface area contributed by atoms with Crippen molar-refractivity contribution in [1.82, 2.24) is 14.9 Å². The fourth-order valence-corrected chi connectivity index (χ4v) is 4.32. The summed E-state index contributed by atoms with van der Waals surface area (Å²) in [5, 5.41) is 4.37. The summed E-state index contributed by atoms with van der Waals surface area (Å²) in [6.07, 6.45) is 1.69. The van der Waals surface area contributed by atoms with E-state index in [0.717, 1.165) is 18.4 Å². The van der Waals surface area contributed by atoms with Crippen LogP contribution in [0.15, 0.2) is 64.5 Å². The Morgan fingerprint density at radius 2 is 1.80 bits per heavy atom. The molecule has 158 valence electrons. The first kappa shape index (κ1) is 22.1. The molecule has 1 aromatic heterocycles. The fourth-order valence-electron chi connectivity index (χ4n) is 3.48. The predicted octanol–water partition coefficient (Wildman–Crippen LogP) is 4.80. The SMILES string of the molecule is CCCn1c(SCC(=O)N[C@H](CC(C)C)c2ccccc2)nc2ccccc2c1=O. The van der Waals surface area contributed by atoms with Crippen molar-refractivity contribution in [3.63, 3.8) is 0 Å². The second-order valence-corrected chi connectivity index (χ2v) is 8.76. The number of aromatic nitrogens is 2. The monoisotopic (exact) mass is 423 g/mol. The molecule has 0 radical (unpaired) electrons. The Bertz CT molecular complexity index is 1050. The van der Waals surface area contributed by atoms with Gasteiger partial charge in [0.25, 0.3) is 5.56 Å². The molecule has 3 rings (SSSR count). The van der Waals surface area contributed by atoms with Gasteiger partial charge in [0.05, 0.1) is 22.7 Å². The van der Waals surface area contributed by atoms with Crippen LogP contribution in [0.2, 0.25) is 0 Å². The number of hydrogen-bond donors (Lipinski definition) is 1. The molecule has 1 N–H and O–H groups in total. The van der Waals surface area contributed by atoms with Crippen molar-refractivity contribution in [2.24, 2.45) is 5.92 Å². The summed E-state index contributed by atoms with van der Waals surface area (Å²) in [7, 11) is 0. The first-order valence-corrected chi connectivity index (χ1v) is 11.4. The van der Waals surface area contributed by atoms with Gasteiger partial charge in [0, 0.05) is 6.54 Å². The van der Waals surface area contributed by atoms with Crippen LogP contribution in [0.5, 0.6) is 0 Å². The van der Waals surface area contributed by atoms with Gasteiger partial charge in [-0.15, -0.1) is 0 Å². The van der Waals surface area contributed by atoms with Gasteiger partial charge in [-0.3, -0.25) is 14.2 Å². The van der Waals surface area contributed by atoms with Crippen LogP contribution < -0.4 is 10.9 Å². The number of nitrogens with zero attached hydrogens (tertiary/aromatic N) is 2. The number of thioether (sulfide) groups is 1. The van der Waals surface area contributed by atoms with Crippen LogP contribution in [0.1, 0.15) is 45.2 Å². The van der Waals surface area contributed by atoms with Crippen LogP contribution in [-0.4, -0.2) is 21.2 Å². The van der Waals surface area contributed by atoms with E-state index in [2.05, 4.69) is 24.1 Å². The highest BCUT2D eigenvalue weighted by Crippen LogP contribution is 2.22. The molecule has 5 nitrogen and oxygen atoms in total. The number of carbonyl (C=O) groups excluding carboxylic acids is 1. The number of hydrogen-bond acceptors (Lipinski definition) is 4. The molecular weight excluding hydrogens is 394 g/mol. The van der Waals surface area contributed by atoms with Crippen LogP contribution in [0.3, 0.4) is 0 Å². The highest BCUT2D eigenvalue weighted by molar-refractivity contribution is 7.99. The smallest absolute Gasteiger partial charge is 0.262 e. The third kappa shape index (κ3) is 5.51. The summed E-state index contributed by atoms with van der Waals surface area (Å²) in [5.41, 5.74) is 1.73. The lowest BCUT2D eigenvalue weighted by atomic mass is 9.97. The minimum atomic E-state index is -0.0556. The van der Waals surface area contributed by atoms with Crippen molar-refractivity contribution in [3.8, 4) is 0 Å². The van der Waals surface area contributed by atoms with Crippen LogP contribution in [0.4, 0.5) is 0 Å². The zero-order valence-corrected chi connectivity index (χ0v) is 18.6. The Kier molecular flexibility index (Phi) is 7.69. The van der Waals surface area contributed by atoms with Crippen molar-refractivity contribution in [3.05, 3.63) is 70.5 Å². The quantitative estimate of drug-likeness (QED) is 0.397. The van der Waals surface area contributed by atoms with Gasteiger partial charge in [0.1, 0.15) is 0 Å². The van der Waals surface area contributed by atoms with E-state index in [0.29, 0.717) is 28.5 Å². The van der Waals surface area contributed by atoms with Gasteiger partial charge in [0.2, 0.25) is 5.91 Å². The molecule has 1 atom stereocenters. The van der Waals surface area contributed by atoms with Crippen LogP contribution in [-0.2, 0) is 11.3 Å².